The van der Waals surface area contributed by atoms with Crippen LogP contribution in [0.2, 0.25) is 0 Å². The summed E-state index contributed by atoms with van der Waals surface area (Å²) in [6.45, 7) is 2.77. The van der Waals surface area contributed by atoms with E-state index in [9.17, 15) is 31.1 Å². The highest BCUT2D eigenvalue weighted by Crippen LogP contribution is 2.43. The van der Waals surface area contributed by atoms with Crippen LogP contribution in [0.1, 0.15) is 38.2 Å². The number of ketones is 1. The Hall–Kier alpha value is -1.35. The molecule has 0 bridgehead atoms. The van der Waals surface area contributed by atoms with Gasteiger partial charge in [0.2, 0.25) is 0 Å². The lowest BCUT2D eigenvalue weighted by Crippen LogP contribution is -2.19. The molecule has 2 aromatic carbocycles. The first-order valence-corrected chi connectivity index (χ1v) is 8.62. The summed E-state index contributed by atoms with van der Waals surface area (Å²) in [4.78, 5) is 12.7. The maximum absolute atomic E-state index is 13.4. The van der Waals surface area contributed by atoms with Crippen LogP contribution in [0.3, 0.4) is 0 Å². The number of hydrogen-bond acceptors (Lipinski definition) is 1. The molecule has 2 aromatic rings. The van der Waals surface area contributed by atoms with Gasteiger partial charge >= 0.3 is 12.4 Å². The third kappa shape index (κ3) is 3.83. The van der Waals surface area contributed by atoms with Gasteiger partial charge in [-0.1, -0.05) is 24.3 Å². The van der Waals surface area contributed by atoms with E-state index in [0.717, 1.165) is 12.1 Å². The van der Waals surface area contributed by atoms with Gasteiger partial charge in [-0.05, 0) is 56.8 Å². The van der Waals surface area contributed by atoms with Gasteiger partial charge in [-0.25, -0.2) is 0 Å². The maximum Gasteiger partial charge on any atom is 0.418 e. The normalized spacial score (nSPS) is 12.4. The second-order valence-electron chi connectivity index (χ2n) is 5.56. The van der Waals surface area contributed by atoms with Gasteiger partial charge in [-0.15, -0.1) is 0 Å². The third-order valence-corrected chi connectivity index (χ3v) is 5.77. The van der Waals surface area contributed by atoms with Crippen LogP contribution in [-0.2, 0) is 12.4 Å². The highest BCUT2D eigenvalue weighted by atomic mass is 79.9. The van der Waals surface area contributed by atoms with Crippen LogP contribution in [0.25, 0.3) is 0 Å². The van der Waals surface area contributed by atoms with Crippen molar-refractivity contribution in [1.82, 2.24) is 0 Å². The summed E-state index contributed by atoms with van der Waals surface area (Å²) in [7, 11) is 0. The predicted molar refractivity (Wildman–Crippen MR) is 91.2 cm³/mol. The van der Waals surface area contributed by atoms with Crippen LogP contribution in [0.15, 0.2) is 33.2 Å². The Morgan fingerprint density at radius 2 is 1.04 bits per heavy atom. The van der Waals surface area contributed by atoms with Crippen LogP contribution >= 0.6 is 31.9 Å². The Labute approximate surface area is 161 Å². The lowest BCUT2D eigenvalue weighted by molar-refractivity contribution is -0.138. The molecule has 0 aromatic heterocycles. The first kappa shape index (κ1) is 21.0. The monoisotopic (exact) mass is 502 g/mol. The van der Waals surface area contributed by atoms with Crippen LogP contribution in [0, 0.1) is 13.8 Å². The molecule has 0 fully saturated rings. The van der Waals surface area contributed by atoms with E-state index in [-0.39, 0.29) is 20.1 Å². The highest BCUT2D eigenvalue weighted by Gasteiger charge is 2.42. The second kappa shape index (κ2) is 6.99. The maximum atomic E-state index is 13.4. The first-order chi connectivity index (χ1) is 11.8. The summed E-state index contributed by atoms with van der Waals surface area (Å²) < 4.78 is 79.8. The average molecular weight is 504 g/mol. The van der Waals surface area contributed by atoms with Gasteiger partial charge in [-0.2, -0.15) is 26.3 Å². The van der Waals surface area contributed by atoms with Crippen molar-refractivity contribution >= 4 is 37.6 Å². The smallest absolute Gasteiger partial charge is 0.289 e. The first-order valence-electron chi connectivity index (χ1n) is 7.04. The quantitative estimate of drug-likeness (QED) is 0.315. The topological polar surface area (TPSA) is 17.1 Å². The van der Waals surface area contributed by atoms with Crippen molar-refractivity contribution in [2.45, 2.75) is 26.2 Å². The molecule has 0 radical (unpaired) electrons. The molecule has 0 saturated heterocycles. The number of rotatable bonds is 2. The van der Waals surface area contributed by atoms with Gasteiger partial charge in [-0.3, -0.25) is 4.79 Å². The Morgan fingerprint density at radius 1 is 0.731 bits per heavy atom. The summed E-state index contributed by atoms with van der Waals surface area (Å²) in [6, 6.07) is 4.25. The highest BCUT2D eigenvalue weighted by molar-refractivity contribution is 9.10. The summed E-state index contributed by atoms with van der Waals surface area (Å²) >= 11 is 5.58. The molecular formula is C17H10Br2F6O. The van der Waals surface area contributed by atoms with Crippen LogP contribution in [0.4, 0.5) is 26.3 Å². The zero-order chi connectivity index (χ0) is 20.0. The fraction of sp³-hybridized carbons (Fsp3) is 0.235. The molecule has 0 amide bonds. The Bertz CT molecular complexity index is 813. The van der Waals surface area contributed by atoms with Crippen molar-refractivity contribution < 1.29 is 31.1 Å². The van der Waals surface area contributed by atoms with Crippen LogP contribution in [-0.4, -0.2) is 5.78 Å². The van der Waals surface area contributed by atoms with E-state index >= 15 is 0 Å². The van der Waals surface area contributed by atoms with Crippen molar-refractivity contribution in [3.63, 3.8) is 0 Å². The molecule has 26 heavy (non-hydrogen) atoms. The van der Waals surface area contributed by atoms with Crippen LogP contribution in [0.5, 0.6) is 0 Å². The number of benzene rings is 2. The van der Waals surface area contributed by atoms with E-state index < -0.39 is 40.4 Å². The molecule has 0 aliphatic heterocycles. The van der Waals surface area contributed by atoms with E-state index in [1.807, 2.05) is 0 Å². The zero-order valence-corrected chi connectivity index (χ0v) is 16.4. The lowest BCUT2D eigenvalue weighted by atomic mass is 9.92. The minimum atomic E-state index is -4.92. The molecule has 0 unspecified atom stereocenters. The van der Waals surface area contributed by atoms with Gasteiger partial charge in [0, 0.05) is 20.1 Å². The number of carbonyl (C=O) groups excluding carboxylic acids is 1. The minimum absolute atomic E-state index is 0.204. The summed E-state index contributed by atoms with van der Waals surface area (Å²) in [5.74, 6) is -1.36. The number of hydrogen-bond donors (Lipinski definition) is 0. The number of carbonyl (C=O) groups is 1. The standard InChI is InChI=1S/C17H10Br2F6O/c1-7-3-5-9(11(13(7)18)16(20,21)22)15(26)10-6-4-8(2)14(19)12(10)17(23,24)25/h3-6H,1-2H3. The Kier molecular flexibility index (Phi) is 5.64. The number of alkyl halides is 6. The number of aryl methyl sites for hydroxylation is 2. The van der Waals surface area contributed by atoms with Gasteiger partial charge in [0.15, 0.2) is 5.78 Å². The molecule has 0 saturated carbocycles. The van der Waals surface area contributed by atoms with Gasteiger partial charge in [0.25, 0.3) is 0 Å². The molecule has 1 nitrogen and oxygen atoms in total. The van der Waals surface area contributed by atoms with Crippen LogP contribution < -0.4 is 0 Å². The summed E-state index contributed by atoms with van der Waals surface area (Å²) in [6.07, 6.45) is -9.84. The molecule has 0 heterocycles. The predicted octanol–water partition coefficient (Wildman–Crippen LogP) is 7.10. The fourth-order valence-electron chi connectivity index (χ4n) is 2.44. The van der Waals surface area contributed by atoms with Crippen molar-refractivity contribution in [3.8, 4) is 0 Å². The third-order valence-electron chi connectivity index (χ3n) is 3.73. The van der Waals surface area contributed by atoms with E-state index in [1.54, 1.807) is 0 Å². The summed E-state index contributed by atoms with van der Waals surface area (Å²) in [5, 5.41) is 0. The second-order valence-corrected chi connectivity index (χ2v) is 7.15. The molecule has 0 atom stereocenters. The molecule has 9 heteroatoms. The van der Waals surface area contributed by atoms with Gasteiger partial charge in [0.05, 0.1) is 11.1 Å². The van der Waals surface area contributed by atoms with Gasteiger partial charge in [0.1, 0.15) is 0 Å². The van der Waals surface area contributed by atoms with Crippen molar-refractivity contribution in [3.05, 3.63) is 66.6 Å². The molecule has 0 spiro atoms. The largest absolute Gasteiger partial charge is 0.418 e. The lowest BCUT2D eigenvalue weighted by Gasteiger charge is -2.19. The SMILES string of the molecule is Cc1ccc(C(=O)c2ccc(C)c(Br)c2C(F)(F)F)c(C(F)(F)F)c1Br. The van der Waals surface area contributed by atoms with E-state index in [4.69, 9.17) is 0 Å². The summed E-state index contributed by atoms with van der Waals surface area (Å²) in [5.41, 5.74) is -3.89. The molecule has 2 rings (SSSR count). The van der Waals surface area contributed by atoms with E-state index in [1.165, 1.54) is 26.0 Å². The minimum Gasteiger partial charge on any atom is -0.289 e. The van der Waals surface area contributed by atoms with E-state index in [0.29, 0.717) is 0 Å². The molecular weight excluding hydrogens is 494 g/mol. The van der Waals surface area contributed by atoms with E-state index in [2.05, 4.69) is 31.9 Å². The molecule has 0 aliphatic rings. The number of halogens is 8. The fourth-order valence-corrected chi connectivity index (χ4v) is 3.58. The Morgan fingerprint density at radius 3 is 1.31 bits per heavy atom. The van der Waals surface area contributed by atoms with Crippen molar-refractivity contribution in [1.29, 1.82) is 0 Å². The van der Waals surface area contributed by atoms with Crippen molar-refractivity contribution in [2.24, 2.45) is 0 Å². The molecule has 140 valence electrons. The van der Waals surface area contributed by atoms with Gasteiger partial charge < -0.3 is 0 Å². The Balaban J connectivity index is 2.81. The van der Waals surface area contributed by atoms with Crippen molar-refractivity contribution in [2.75, 3.05) is 0 Å². The zero-order valence-electron chi connectivity index (χ0n) is 13.2. The molecule has 0 aliphatic carbocycles. The molecule has 0 N–H and O–H groups in total. The average Bonchev–Trinajstić information content (AvgIpc) is 2.49.